The highest BCUT2D eigenvalue weighted by molar-refractivity contribution is 7.07. The molecule has 1 unspecified atom stereocenters. The van der Waals surface area contributed by atoms with Crippen LogP contribution in [0.3, 0.4) is 0 Å². The Hall–Kier alpha value is -2.14. The van der Waals surface area contributed by atoms with Gasteiger partial charge in [-0.3, -0.25) is 9.59 Å². The number of rotatable bonds is 8. The zero-order valence-corrected chi connectivity index (χ0v) is 15.0. The fourth-order valence-corrected chi connectivity index (χ4v) is 2.92. The van der Waals surface area contributed by atoms with Crippen LogP contribution in [-0.4, -0.2) is 17.9 Å². The largest absolute Gasteiger partial charge is 0.352 e. The molecule has 0 radical (unpaired) electrons. The van der Waals surface area contributed by atoms with E-state index in [2.05, 4.69) is 16.0 Å². The number of benzene rings is 1. The topological polar surface area (TPSA) is 58.2 Å². The van der Waals surface area contributed by atoms with Crippen LogP contribution in [0.2, 0.25) is 0 Å². The van der Waals surface area contributed by atoms with E-state index in [1.54, 1.807) is 17.4 Å². The van der Waals surface area contributed by atoms with Gasteiger partial charge in [-0.25, -0.2) is 0 Å². The highest BCUT2D eigenvalue weighted by Crippen LogP contribution is 2.09. The van der Waals surface area contributed by atoms with Crippen molar-refractivity contribution in [3.05, 3.63) is 57.8 Å². The molecule has 2 amide bonds. The second kappa shape index (κ2) is 9.23. The molecule has 1 atom stereocenters. The van der Waals surface area contributed by atoms with Crippen molar-refractivity contribution < 1.29 is 9.59 Å². The molecule has 1 aromatic carbocycles. The maximum Gasteiger partial charge on any atom is 0.251 e. The van der Waals surface area contributed by atoms with Crippen LogP contribution in [0.15, 0.2) is 41.1 Å². The number of amides is 2. The van der Waals surface area contributed by atoms with E-state index in [0.717, 1.165) is 18.4 Å². The van der Waals surface area contributed by atoms with Crippen LogP contribution in [0.25, 0.3) is 0 Å². The first kappa shape index (κ1) is 18.2. The van der Waals surface area contributed by atoms with Gasteiger partial charge in [-0.05, 0) is 59.9 Å². The Morgan fingerprint density at radius 3 is 2.75 bits per heavy atom. The van der Waals surface area contributed by atoms with Crippen LogP contribution in [0, 0.1) is 0 Å². The van der Waals surface area contributed by atoms with Gasteiger partial charge in [0.25, 0.3) is 5.91 Å². The second-order valence-electron chi connectivity index (χ2n) is 5.89. The molecule has 24 heavy (non-hydrogen) atoms. The maximum absolute atomic E-state index is 12.1. The Morgan fingerprint density at radius 1 is 1.21 bits per heavy atom. The Kier molecular flexibility index (Phi) is 7.00. The molecule has 0 aliphatic carbocycles. The summed E-state index contributed by atoms with van der Waals surface area (Å²) in [5, 5.41) is 9.94. The van der Waals surface area contributed by atoms with Gasteiger partial charge in [-0.1, -0.05) is 19.1 Å². The smallest absolute Gasteiger partial charge is 0.251 e. The van der Waals surface area contributed by atoms with Gasteiger partial charge in [0.1, 0.15) is 0 Å². The van der Waals surface area contributed by atoms with Gasteiger partial charge in [0.15, 0.2) is 0 Å². The van der Waals surface area contributed by atoms with Gasteiger partial charge in [0.2, 0.25) is 5.91 Å². The molecular weight excluding hydrogens is 320 g/mol. The molecule has 0 bridgehead atoms. The quantitative estimate of drug-likeness (QED) is 0.770. The third-order valence-corrected chi connectivity index (χ3v) is 4.62. The summed E-state index contributed by atoms with van der Waals surface area (Å²) in [6, 6.07) is 9.57. The number of carbonyl (C=O) groups excluding carboxylic acids is 2. The minimum atomic E-state index is -0.0741. The Morgan fingerprint density at radius 2 is 2.04 bits per heavy atom. The van der Waals surface area contributed by atoms with E-state index < -0.39 is 0 Å². The van der Waals surface area contributed by atoms with Crippen molar-refractivity contribution in [1.82, 2.24) is 10.6 Å². The van der Waals surface area contributed by atoms with Crippen molar-refractivity contribution in [3.63, 3.8) is 0 Å². The third kappa shape index (κ3) is 5.81. The predicted octanol–water partition coefficient (Wildman–Crippen LogP) is 3.53. The summed E-state index contributed by atoms with van der Waals surface area (Å²) in [6.07, 6.45) is 2.13. The van der Waals surface area contributed by atoms with Crippen molar-refractivity contribution in [3.8, 4) is 0 Å². The molecule has 1 heterocycles. The Labute approximate surface area is 147 Å². The molecule has 2 rings (SSSR count). The molecule has 0 fully saturated rings. The zero-order chi connectivity index (χ0) is 17.4. The molecule has 128 valence electrons. The van der Waals surface area contributed by atoms with Gasteiger partial charge in [-0.2, -0.15) is 11.3 Å². The lowest BCUT2D eigenvalue weighted by molar-refractivity contribution is -0.121. The van der Waals surface area contributed by atoms with E-state index in [-0.39, 0.29) is 17.9 Å². The monoisotopic (exact) mass is 344 g/mol. The third-order valence-electron chi connectivity index (χ3n) is 3.89. The van der Waals surface area contributed by atoms with Crippen LogP contribution in [0.4, 0.5) is 0 Å². The van der Waals surface area contributed by atoms with Crippen molar-refractivity contribution in [2.45, 2.75) is 45.7 Å². The summed E-state index contributed by atoms with van der Waals surface area (Å²) >= 11 is 1.64. The molecular formula is C19H24N2O2S. The summed E-state index contributed by atoms with van der Waals surface area (Å²) in [5.74, 6) is -0.0503. The number of hydrogen-bond donors (Lipinski definition) is 2. The normalized spacial score (nSPS) is 11.8. The first-order chi connectivity index (χ1) is 11.6. The van der Waals surface area contributed by atoms with Gasteiger partial charge < -0.3 is 10.6 Å². The van der Waals surface area contributed by atoms with Crippen LogP contribution in [0.1, 0.15) is 48.2 Å². The van der Waals surface area contributed by atoms with Crippen LogP contribution >= 0.6 is 11.3 Å². The van der Waals surface area contributed by atoms with E-state index in [1.807, 2.05) is 43.5 Å². The van der Waals surface area contributed by atoms with Gasteiger partial charge in [0, 0.05) is 24.6 Å². The summed E-state index contributed by atoms with van der Waals surface area (Å²) in [5.41, 5.74) is 2.75. The molecule has 0 saturated heterocycles. The fraction of sp³-hybridized carbons (Fsp3) is 0.368. The number of carbonyl (C=O) groups is 2. The van der Waals surface area contributed by atoms with E-state index in [0.29, 0.717) is 18.5 Å². The average Bonchev–Trinajstić information content (AvgIpc) is 3.11. The van der Waals surface area contributed by atoms with E-state index in [9.17, 15) is 9.59 Å². The molecule has 2 N–H and O–H groups in total. The van der Waals surface area contributed by atoms with Gasteiger partial charge >= 0.3 is 0 Å². The maximum atomic E-state index is 12.1. The lowest BCUT2D eigenvalue weighted by Crippen LogP contribution is -2.32. The lowest BCUT2D eigenvalue weighted by Gasteiger charge is -2.12. The van der Waals surface area contributed by atoms with Gasteiger partial charge in [0.05, 0.1) is 0 Å². The first-order valence-electron chi connectivity index (χ1n) is 8.26. The van der Waals surface area contributed by atoms with E-state index in [1.165, 1.54) is 5.56 Å². The zero-order valence-electron chi connectivity index (χ0n) is 14.2. The first-order valence-corrected chi connectivity index (χ1v) is 9.20. The fourth-order valence-electron chi connectivity index (χ4n) is 2.21. The summed E-state index contributed by atoms with van der Waals surface area (Å²) in [4.78, 5) is 24.1. The van der Waals surface area contributed by atoms with Crippen molar-refractivity contribution in [2.24, 2.45) is 0 Å². The standard InChI is InChI=1S/C19H24N2O2S/c1-3-14(2)21-19(23)17-6-4-5-16(11-17)12-20-18(22)8-7-15-9-10-24-13-15/h4-6,9-11,13-14H,3,7-8,12H2,1-2H3,(H,20,22)(H,21,23). The molecule has 5 heteroatoms. The van der Waals surface area contributed by atoms with E-state index >= 15 is 0 Å². The number of thiophene rings is 1. The van der Waals surface area contributed by atoms with Crippen LogP contribution in [-0.2, 0) is 17.8 Å². The lowest BCUT2D eigenvalue weighted by atomic mass is 10.1. The minimum absolute atomic E-state index is 0.0238. The average molecular weight is 344 g/mol. The molecule has 1 aromatic heterocycles. The second-order valence-corrected chi connectivity index (χ2v) is 6.67. The van der Waals surface area contributed by atoms with Crippen molar-refractivity contribution in [2.75, 3.05) is 0 Å². The molecule has 0 aliphatic rings. The molecule has 2 aromatic rings. The number of aryl methyl sites for hydroxylation is 1. The highest BCUT2D eigenvalue weighted by atomic mass is 32.1. The molecule has 0 aliphatic heterocycles. The Balaban J connectivity index is 1.83. The summed E-state index contributed by atoms with van der Waals surface area (Å²) in [6.45, 7) is 4.45. The Bertz CT molecular complexity index is 668. The molecule has 0 spiro atoms. The van der Waals surface area contributed by atoms with Gasteiger partial charge in [-0.15, -0.1) is 0 Å². The molecule has 0 saturated carbocycles. The van der Waals surface area contributed by atoms with Crippen LogP contribution < -0.4 is 10.6 Å². The number of hydrogen-bond acceptors (Lipinski definition) is 3. The highest BCUT2D eigenvalue weighted by Gasteiger charge is 2.09. The minimum Gasteiger partial charge on any atom is -0.352 e. The van der Waals surface area contributed by atoms with E-state index in [4.69, 9.17) is 0 Å². The van der Waals surface area contributed by atoms with Crippen LogP contribution in [0.5, 0.6) is 0 Å². The van der Waals surface area contributed by atoms with Crippen molar-refractivity contribution >= 4 is 23.2 Å². The summed E-state index contributed by atoms with van der Waals surface area (Å²) in [7, 11) is 0. The molecule has 4 nitrogen and oxygen atoms in total. The summed E-state index contributed by atoms with van der Waals surface area (Å²) < 4.78 is 0. The predicted molar refractivity (Wildman–Crippen MR) is 98.1 cm³/mol. The van der Waals surface area contributed by atoms with Crippen molar-refractivity contribution in [1.29, 1.82) is 0 Å². The number of nitrogens with one attached hydrogen (secondary N) is 2. The SMILES string of the molecule is CCC(C)NC(=O)c1cccc(CNC(=O)CCc2ccsc2)c1.